The minimum absolute atomic E-state index is 0.163. The zero-order chi connectivity index (χ0) is 18.4. The molecule has 1 aliphatic rings. The third-order valence-corrected chi connectivity index (χ3v) is 4.71. The number of carbonyl (C=O) groups is 1. The van der Waals surface area contributed by atoms with Crippen molar-refractivity contribution in [3.63, 3.8) is 0 Å². The van der Waals surface area contributed by atoms with Crippen LogP contribution in [0.1, 0.15) is 19.4 Å². The first-order valence-corrected chi connectivity index (χ1v) is 9.22. The molecule has 5 nitrogen and oxygen atoms in total. The lowest BCUT2D eigenvalue weighted by atomic mass is 10.2. The Hall–Kier alpha value is -2.69. The molecule has 2 aromatic carbocycles. The number of benzene rings is 2. The zero-order valence-corrected chi connectivity index (χ0v) is 15.6. The van der Waals surface area contributed by atoms with Crippen LogP contribution < -0.4 is 15.0 Å². The fourth-order valence-corrected chi connectivity index (χ4v) is 3.21. The number of para-hydroxylation sites is 1. The SMILES string of the molecule is CCOc1ccccc1CNc1ccc(N2CCN(C(C)=O)CC2)cc1. The Labute approximate surface area is 155 Å². The van der Waals surface area contributed by atoms with Gasteiger partial charge in [0.15, 0.2) is 0 Å². The van der Waals surface area contributed by atoms with Crippen molar-refractivity contribution in [1.82, 2.24) is 4.90 Å². The predicted molar refractivity (Wildman–Crippen MR) is 106 cm³/mol. The largest absolute Gasteiger partial charge is 0.494 e. The quantitative estimate of drug-likeness (QED) is 0.865. The Kier molecular flexibility index (Phi) is 6.00. The summed E-state index contributed by atoms with van der Waals surface area (Å²) in [5.41, 5.74) is 3.44. The predicted octanol–water partition coefficient (Wildman–Crippen LogP) is 3.37. The molecule has 138 valence electrons. The molecule has 2 aromatic rings. The third-order valence-electron chi connectivity index (χ3n) is 4.71. The summed E-state index contributed by atoms with van der Waals surface area (Å²) >= 11 is 0. The Morgan fingerprint density at radius 2 is 1.73 bits per heavy atom. The first kappa shape index (κ1) is 18.1. The van der Waals surface area contributed by atoms with Crippen molar-refractivity contribution >= 4 is 17.3 Å². The monoisotopic (exact) mass is 353 g/mol. The normalized spacial score (nSPS) is 14.2. The lowest BCUT2D eigenvalue weighted by Gasteiger charge is -2.35. The van der Waals surface area contributed by atoms with Gasteiger partial charge in [-0.15, -0.1) is 0 Å². The number of ether oxygens (including phenoxy) is 1. The smallest absolute Gasteiger partial charge is 0.219 e. The summed E-state index contributed by atoms with van der Waals surface area (Å²) in [5.74, 6) is 1.10. The molecule has 26 heavy (non-hydrogen) atoms. The van der Waals surface area contributed by atoms with Crippen LogP contribution in [0.2, 0.25) is 0 Å². The summed E-state index contributed by atoms with van der Waals surface area (Å²) in [5, 5.41) is 3.46. The number of piperazine rings is 1. The molecule has 0 saturated carbocycles. The number of nitrogens with one attached hydrogen (secondary N) is 1. The summed E-state index contributed by atoms with van der Waals surface area (Å²) in [7, 11) is 0. The maximum atomic E-state index is 11.4. The molecular weight excluding hydrogens is 326 g/mol. The Bertz CT molecular complexity index is 722. The molecule has 1 N–H and O–H groups in total. The summed E-state index contributed by atoms with van der Waals surface area (Å²) in [6, 6.07) is 16.6. The van der Waals surface area contributed by atoms with Crippen LogP contribution in [0, 0.1) is 0 Å². The molecule has 1 fully saturated rings. The van der Waals surface area contributed by atoms with Crippen molar-refractivity contribution in [3.05, 3.63) is 54.1 Å². The van der Waals surface area contributed by atoms with Crippen LogP contribution in [0.3, 0.4) is 0 Å². The fraction of sp³-hybridized carbons (Fsp3) is 0.381. The minimum atomic E-state index is 0.163. The second kappa shape index (κ2) is 8.61. The van der Waals surface area contributed by atoms with Crippen molar-refractivity contribution in [3.8, 4) is 5.75 Å². The highest BCUT2D eigenvalue weighted by Gasteiger charge is 2.18. The molecule has 1 aliphatic heterocycles. The Morgan fingerprint density at radius 1 is 1.04 bits per heavy atom. The van der Waals surface area contributed by atoms with Crippen LogP contribution in [0.4, 0.5) is 11.4 Å². The molecule has 1 heterocycles. The average molecular weight is 353 g/mol. The van der Waals surface area contributed by atoms with E-state index in [9.17, 15) is 4.79 Å². The van der Waals surface area contributed by atoms with E-state index in [4.69, 9.17) is 4.74 Å². The van der Waals surface area contributed by atoms with Gasteiger partial charge in [-0.05, 0) is 37.3 Å². The molecule has 1 amide bonds. The van der Waals surface area contributed by atoms with Crippen LogP contribution >= 0.6 is 0 Å². The van der Waals surface area contributed by atoms with Gasteiger partial charge in [0.25, 0.3) is 0 Å². The number of rotatable bonds is 6. The Balaban J connectivity index is 1.56. The highest BCUT2D eigenvalue weighted by atomic mass is 16.5. The van der Waals surface area contributed by atoms with Crippen molar-refractivity contribution in [2.24, 2.45) is 0 Å². The molecule has 5 heteroatoms. The van der Waals surface area contributed by atoms with Gasteiger partial charge in [0.05, 0.1) is 6.61 Å². The van der Waals surface area contributed by atoms with E-state index in [1.165, 1.54) is 5.69 Å². The van der Waals surface area contributed by atoms with Crippen molar-refractivity contribution in [2.45, 2.75) is 20.4 Å². The lowest BCUT2D eigenvalue weighted by molar-refractivity contribution is -0.129. The van der Waals surface area contributed by atoms with E-state index in [1.54, 1.807) is 6.92 Å². The summed E-state index contributed by atoms with van der Waals surface area (Å²) in [6.07, 6.45) is 0. The average Bonchev–Trinajstić information content (AvgIpc) is 2.68. The fourth-order valence-electron chi connectivity index (χ4n) is 3.21. The first-order valence-electron chi connectivity index (χ1n) is 9.22. The molecule has 0 aromatic heterocycles. The molecule has 0 aliphatic carbocycles. The first-order chi connectivity index (χ1) is 12.7. The van der Waals surface area contributed by atoms with E-state index in [0.29, 0.717) is 6.61 Å². The topological polar surface area (TPSA) is 44.8 Å². The summed E-state index contributed by atoms with van der Waals surface area (Å²) in [4.78, 5) is 15.7. The summed E-state index contributed by atoms with van der Waals surface area (Å²) in [6.45, 7) is 8.39. The maximum absolute atomic E-state index is 11.4. The van der Waals surface area contributed by atoms with Crippen LogP contribution in [0.15, 0.2) is 48.5 Å². The van der Waals surface area contributed by atoms with E-state index in [1.807, 2.05) is 30.0 Å². The van der Waals surface area contributed by atoms with Gasteiger partial charge in [-0.2, -0.15) is 0 Å². The molecule has 0 unspecified atom stereocenters. The maximum Gasteiger partial charge on any atom is 0.219 e. The van der Waals surface area contributed by atoms with Gasteiger partial charge in [0.2, 0.25) is 5.91 Å². The number of carbonyl (C=O) groups excluding carboxylic acids is 1. The molecule has 1 saturated heterocycles. The molecule has 3 rings (SSSR count). The highest BCUT2D eigenvalue weighted by Crippen LogP contribution is 2.22. The number of amides is 1. The van der Waals surface area contributed by atoms with Gasteiger partial charge < -0.3 is 19.9 Å². The summed E-state index contributed by atoms with van der Waals surface area (Å²) < 4.78 is 5.67. The van der Waals surface area contributed by atoms with Gasteiger partial charge in [-0.25, -0.2) is 0 Å². The number of anilines is 2. The number of hydrogen-bond acceptors (Lipinski definition) is 4. The van der Waals surface area contributed by atoms with E-state index in [-0.39, 0.29) is 5.91 Å². The van der Waals surface area contributed by atoms with Crippen LogP contribution in [-0.4, -0.2) is 43.6 Å². The lowest BCUT2D eigenvalue weighted by Crippen LogP contribution is -2.48. The van der Waals surface area contributed by atoms with Crippen LogP contribution in [0.25, 0.3) is 0 Å². The van der Waals surface area contributed by atoms with Gasteiger partial charge in [-0.3, -0.25) is 4.79 Å². The minimum Gasteiger partial charge on any atom is -0.494 e. The van der Waals surface area contributed by atoms with E-state index < -0.39 is 0 Å². The van der Waals surface area contributed by atoms with E-state index in [0.717, 1.165) is 49.7 Å². The van der Waals surface area contributed by atoms with E-state index in [2.05, 4.69) is 40.5 Å². The van der Waals surface area contributed by atoms with Crippen LogP contribution in [0.5, 0.6) is 5.75 Å². The second-order valence-corrected chi connectivity index (χ2v) is 6.43. The molecule has 0 atom stereocenters. The molecule has 0 spiro atoms. The van der Waals surface area contributed by atoms with Crippen molar-refractivity contribution < 1.29 is 9.53 Å². The van der Waals surface area contributed by atoms with Gasteiger partial charge in [-0.1, -0.05) is 18.2 Å². The van der Waals surface area contributed by atoms with E-state index >= 15 is 0 Å². The van der Waals surface area contributed by atoms with Gasteiger partial charge in [0, 0.05) is 56.6 Å². The number of nitrogens with zero attached hydrogens (tertiary/aromatic N) is 2. The second-order valence-electron chi connectivity index (χ2n) is 6.43. The standard InChI is InChI=1S/C21H27N3O2/c1-3-26-21-7-5-4-6-18(21)16-22-19-8-10-20(11-9-19)24-14-12-23(13-15-24)17(2)25/h4-11,22H,3,12-16H2,1-2H3. The van der Waals surface area contributed by atoms with Gasteiger partial charge >= 0.3 is 0 Å². The molecule has 0 bridgehead atoms. The number of hydrogen-bond donors (Lipinski definition) is 1. The van der Waals surface area contributed by atoms with Gasteiger partial charge in [0.1, 0.15) is 5.75 Å². The molecular formula is C21H27N3O2. The Morgan fingerprint density at radius 3 is 2.38 bits per heavy atom. The zero-order valence-electron chi connectivity index (χ0n) is 15.6. The van der Waals surface area contributed by atoms with Crippen molar-refractivity contribution in [2.75, 3.05) is 43.0 Å². The third kappa shape index (κ3) is 4.48. The van der Waals surface area contributed by atoms with Crippen LogP contribution in [-0.2, 0) is 11.3 Å². The molecule has 0 radical (unpaired) electrons. The van der Waals surface area contributed by atoms with Crippen molar-refractivity contribution in [1.29, 1.82) is 0 Å². The highest BCUT2D eigenvalue weighted by molar-refractivity contribution is 5.73.